The van der Waals surface area contributed by atoms with Gasteiger partial charge in [0.25, 0.3) is 0 Å². The van der Waals surface area contributed by atoms with Crippen molar-refractivity contribution in [3.05, 3.63) is 34.3 Å². The van der Waals surface area contributed by atoms with Gasteiger partial charge in [-0.25, -0.2) is 0 Å². The molecule has 1 aromatic carbocycles. The van der Waals surface area contributed by atoms with Crippen LogP contribution >= 0.6 is 15.9 Å². The van der Waals surface area contributed by atoms with Crippen molar-refractivity contribution in [3.8, 4) is 0 Å². The monoisotopic (exact) mass is 340 g/mol. The molecule has 0 bridgehead atoms. The smallest absolute Gasteiger partial charge is 0.307 e. The summed E-state index contributed by atoms with van der Waals surface area (Å²) in [5.41, 5.74) is 7.24. The van der Waals surface area contributed by atoms with Crippen molar-refractivity contribution >= 4 is 21.9 Å². The SMILES string of the molecule is NC1CC(C(=O)O)CN(CCCc2ccccc2Br)C1. The van der Waals surface area contributed by atoms with Gasteiger partial charge in [-0.1, -0.05) is 34.1 Å². The molecule has 1 aliphatic heterocycles. The summed E-state index contributed by atoms with van der Waals surface area (Å²) in [6.07, 6.45) is 2.60. The van der Waals surface area contributed by atoms with Gasteiger partial charge >= 0.3 is 5.97 Å². The molecule has 0 aliphatic carbocycles. The molecule has 0 spiro atoms. The molecule has 2 rings (SSSR count). The molecule has 1 aromatic rings. The normalized spacial score (nSPS) is 23.7. The van der Waals surface area contributed by atoms with Gasteiger partial charge in [-0.3, -0.25) is 4.79 Å². The lowest BCUT2D eigenvalue weighted by molar-refractivity contribution is -0.143. The van der Waals surface area contributed by atoms with Gasteiger partial charge in [0.1, 0.15) is 0 Å². The number of carbonyl (C=O) groups is 1. The zero-order valence-electron chi connectivity index (χ0n) is 11.5. The molecule has 20 heavy (non-hydrogen) atoms. The number of aryl methyl sites for hydroxylation is 1. The standard InChI is InChI=1S/C15H21BrN2O2/c16-14-6-2-1-4-11(14)5-3-7-18-9-12(15(19)20)8-13(17)10-18/h1-2,4,6,12-13H,3,5,7-10,17H2,(H,19,20). The van der Waals surface area contributed by atoms with Crippen LogP contribution in [-0.4, -0.2) is 41.7 Å². The third-order valence-corrected chi connectivity index (χ3v) is 4.56. The Labute approximate surface area is 128 Å². The summed E-state index contributed by atoms with van der Waals surface area (Å²) in [7, 11) is 0. The highest BCUT2D eigenvalue weighted by Crippen LogP contribution is 2.19. The number of carboxylic acids is 1. The van der Waals surface area contributed by atoms with Gasteiger partial charge in [0.15, 0.2) is 0 Å². The van der Waals surface area contributed by atoms with Crippen LogP contribution in [0.25, 0.3) is 0 Å². The van der Waals surface area contributed by atoms with Crippen LogP contribution in [-0.2, 0) is 11.2 Å². The number of halogens is 1. The summed E-state index contributed by atoms with van der Waals surface area (Å²) in [5, 5.41) is 9.13. The average Bonchev–Trinajstić information content (AvgIpc) is 2.40. The van der Waals surface area contributed by atoms with Gasteiger partial charge in [0, 0.05) is 23.6 Å². The molecule has 0 radical (unpaired) electrons. The Kier molecular flexibility index (Phi) is 5.57. The van der Waals surface area contributed by atoms with Crippen LogP contribution in [0.15, 0.2) is 28.7 Å². The Balaban J connectivity index is 1.81. The topological polar surface area (TPSA) is 66.6 Å². The number of rotatable bonds is 5. The first-order valence-corrected chi connectivity index (χ1v) is 7.79. The molecule has 3 N–H and O–H groups in total. The van der Waals surface area contributed by atoms with Gasteiger partial charge in [-0.2, -0.15) is 0 Å². The fraction of sp³-hybridized carbons (Fsp3) is 0.533. The first kappa shape index (κ1) is 15.5. The fourth-order valence-electron chi connectivity index (χ4n) is 2.79. The van der Waals surface area contributed by atoms with Crippen LogP contribution in [0, 0.1) is 5.92 Å². The number of hydrogen-bond acceptors (Lipinski definition) is 3. The fourth-order valence-corrected chi connectivity index (χ4v) is 3.27. The number of carboxylic acid groups (broad SMARTS) is 1. The summed E-state index contributed by atoms with van der Waals surface area (Å²) in [5.74, 6) is -1.04. The lowest BCUT2D eigenvalue weighted by Gasteiger charge is -2.34. The van der Waals surface area contributed by atoms with E-state index in [1.165, 1.54) is 5.56 Å². The number of piperidine rings is 1. The van der Waals surface area contributed by atoms with Crippen LogP contribution in [0.3, 0.4) is 0 Å². The van der Waals surface area contributed by atoms with E-state index in [4.69, 9.17) is 10.8 Å². The number of nitrogens with two attached hydrogens (primary N) is 1. The molecule has 1 heterocycles. The number of hydrogen-bond donors (Lipinski definition) is 2. The molecule has 110 valence electrons. The Bertz CT molecular complexity index is 467. The summed E-state index contributed by atoms with van der Waals surface area (Å²) in [6.45, 7) is 2.33. The Morgan fingerprint density at radius 1 is 1.40 bits per heavy atom. The van der Waals surface area contributed by atoms with Crippen molar-refractivity contribution < 1.29 is 9.90 Å². The number of aliphatic carboxylic acids is 1. The van der Waals surface area contributed by atoms with E-state index in [0.29, 0.717) is 13.0 Å². The average molecular weight is 341 g/mol. The molecule has 1 aliphatic rings. The summed E-state index contributed by atoms with van der Waals surface area (Å²) < 4.78 is 1.14. The van der Waals surface area contributed by atoms with Crippen LogP contribution in [0.4, 0.5) is 0 Å². The molecule has 0 saturated carbocycles. The van der Waals surface area contributed by atoms with E-state index in [0.717, 1.165) is 30.4 Å². The molecule has 2 unspecified atom stereocenters. The Hall–Kier alpha value is -0.910. The zero-order chi connectivity index (χ0) is 14.5. The van der Waals surface area contributed by atoms with Crippen LogP contribution in [0.1, 0.15) is 18.4 Å². The summed E-state index contributed by atoms with van der Waals surface area (Å²) in [6, 6.07) is 8.19. The highest BCUT2D eigenvalue weighted by molar-refractivity contribution is 9.10. The molecule has 0 amide bonds. The van der Waals surface area contributed by atoms with Crippen molar-refractivity contribution in [2.24, 2.45) is 11.7 Å². The minimum Gasteiger partial charge on any atom is -0.481 e. The quantitative estimate of drug-likeness (QED) is 0.861. The predicted molar refractivity (Wildman–Crippen MR) is 82.6 cm³/mol. The lowest BCUT2D eigenvalue weighted by Crippen LogP contribution is -2.49. The predicted octanol–water partition coefficient (Wildman–Crippen LogP) is 2.12. The molecular weight excluding hydrogens is 320 g/mol. The first-order valence-electron chi connectivity index (χ1n) is 7.00. The van der Waals surface area contributed by atoms with Crippen molar-refractivity contribution in [3.63, 3.8) is 0 Å². The van der Waals surface area contributed by atoms with Crippen LogP contribution in [0.5, 0.6) is 0 Å². The summed E-state index contributed by atoms with van der Waals surface area (Å²) in [4.78, 5) is 13.3. The molecule has 4 nitrogen and oxygen atoms in total. The second-order valence-corrected chi connectivity index (χ2v) is 6.34. The van der Waals surface area contributed by atoms with Crippen molar-refractivity contribution in [2.75, 3.05) is 19.6 Å². The molecule has 2 atom stereocenters. The summed E-state index contributed by atoms with van der Waals surface area (Å²) >= 11 is 3.55. The minimum atomic E-state index is -0.726. The van der Waals surface area contributed by atoms with Crippen LogP contribution < -0.4 is 5.73 Å². The number of likely N-dealkylation sites (tertiary alicyclic amines) is 1. The van der Waals surface area contributed by atoms with Gasteiger partial charge in [0.2, 0.25) is 0 Å². The molecule has 5 heteroatoms. The van der Waals surface area contributed by atoms with Gasteiger partial charge in [-0.15, -0.1) is 0 Å². The van der Waals surface area contributed by atoms with Gasteiger partial charge < -0.3 is 15.7 Å². The van der Waals surface area contributed by atoms with Gasteiger partial charge in [0.05, 0.1) is 5.92 Å². The van der Waals surface area contributed by atoms with E-state index in [1.807, 2.05) is 18.2 Å². The second kappa shape index (κ2) is 7.20. The second-order valence-electron chi connectivity index (χ2n) is 5.49. The maximum atomic E-state index is 11.1. The van der Waals surface area contributed by atoms with Crippen LogP contribution in [0.2, 0.25) is 0 Å². The molecule has 1 fully saturated rings. The minimum absolute atomic E-state index is 0.0201. The zero-order valence-corrected chi connectivity index (χ0v) is 13.1. The largest absolute Gasteiger partial charge is 0.481 e. The van der Waals surface area contributed by atoms with E-state index < -0.39 is 5.97 Å². The van der Waals surface area contributed by atoms with E-state index >= 15 is 0 Å². The Morgan fingerprint density at radius 2 is 2.15 bits per heavy atom. The number of benzene rings is 1. The highest BCUT2D eigenvalue weighted by atomic mass is 79.9. The van der Waals surface area contributed by atoms with Crippen molar-refractivity contribution in [2.45, 2.75) is 25.3 Å². The molecule has 1 saturated heterocycles. The molecule has 0 aromatic heterocycles. The molecular formula is C15H21BrN2O2. The Morgan fingerprint density at radius 3 is 2.85 bits per heavy atom. The number of nitrogens with zero attached hydrogens (tertiary/aromatic N) is 1. The van der Waals surface area contributed by atoms with E-state index in [-0.39, 0.29) is 12.0 Å². The van der Waals surface area contributed by atoms with Crippen molar-refractivity contribution in [1.82, 2.24) is 4.90 Å². The lowest BCUT2D eigenvalue weighted by atomic mass is 9.94. The van der Waals surface area contributed by atoms with E-state index in [2.05, 4.69) is 26.9 Å². The third kappa shape index (κ3) is 4.30. The first-order chi connectivity index (χ1) is 9.56. The van der Waals surface area contributed by atoms with Crippen molar-refractivity contribution in [1.29, 1.82) is 0 Å². The maximum absolute atomic E-state index is 11.1. The maximum Gasteiger partial charge on any atom is 0.307 e. The van der Waals surface area contributed by atoms with E-state index in [1.54, 1.807) is 0 Å². The van der Waals surface area contributed by atoms with Gasteiger partial charge in [-0.05, 0) is 37.4 Å². The third-order valence-electron chi connectivity index (χ3n) is 3.79. The highest BCUT2D eigenvalue weighted by Gasteiger charge is 2.29. The van der Waals surface area contributed by atoms with E-state index in [9.17, 15) is 4.79 Å².